The molecule has 0 aliphatic rings. The second-order valence-corrected chi connectivity index (χ2v) is 3.34. The molecule has 1 nitrogen and oxygen atoms in total. The summed E-state index contributed by atoms with van der Waals surface area (Å²) in [4.78, 5) is 10.3. The molecule has 0 unspecified atom stereocenters. The molecule has 0 saturated carbocycles. The van der Waals surface area contributed by atoms with Gasteiger partial charge in [0, 0.05) is 10.6 Å². The van der Waals surface area contributed by atoms with Crippen molar-refractivity contribution >= 4 is 17.9 Å². The van der Waals surface area contributed by atoms with Crippen molar-refractivity contribution < 1.29 is 4.79 Å². The van der Waals surface area contributed by atoms with E-state index in [-0.39, 0.29) is 0 Å². The molecular weight excluding hydrogens is 148 g/mol. The van der Waals surface area contributed by atoms with Crippen LogP contribution in [0.25, 0.3) is 0 Å². The standard InChI is InChI=1S/C8H13ClO/c1-6(2)4-8(5-10)7(3)9/h5-6H,4H2,1-3H3/b8-7-. The molecule has 0 aromatic carbocycles. The van der Waals surface area contributed by atoms with E-state index in [1.165, 1.54) is 0 Å². The summed E-state index contributed by atoms with van der Waals surface area (Å²) < 4.78 is 0. The van der Waals surface area contributed by atoms with Crippen LogP contribution in [0.1, 0.15) is 27.2 Å². The van der Waals surface area contributed by atoms with E-state index in [4.69, 9.17) is 11.6 Å². The lowest BCUT2D eigenvalue weighted by Crippen LogP contribution is -1.93. The second kappa shape index (κ2) is 4.51. The van der Waals surface area contributed by atoms with Crippen LogP contribution in [0.15, 0.2) is 10.6 Å². The molecule has 2 heteroatoms. The lowest BCUT2D eigenvalue weighted by molar-refractivity contribution is -0.105. The number of aldehydes is 1. The highest BCUT2D eigenvalue weighted by atomic mass is 35.5. The van der Waals surface area contributed by atoms with Gasteiger partial charge in [0.2, 0.25) is 0 Å². The Labute approximate surface area is 67.1 Å². The summed E-state index contributed by atoms with van der Waals surface area (Å²) in [5.41, 5.74) is 0.719. The van der Waals surface area contributed by atoms with Gasteiger partial charge in [0.15, 0.2) is 0 Å². The first-order valence-corrected chi connectivity index (χ1v) is 3.76. The van der Waals surface area contributed by atoms with Crippen LogP contribution in [0.4, 0.5) is 0 Å². The summed E-state index contributed by atoms with van der Waals surface area (Å²) in [7, 11) is 0. The third-order valence-electron chi connectivity index (χ3n) is 1.21. The zero-order valence-electron chi connectivity index (χ0n) is 6.65. The fraction of sp³-hybridized carbons (Fsp3) is 0.625. The average Bonchev–Trinajstić information content (AvgIpc) is 1.81. The fourth-order valence-corrected chi connectivity index (χ4v) is 0.831. The summed E-state index contributed by atoms with van der Waals surface area (Å²) in [6.45, 7) is 5.86. The van der Waals surface area contributed by atoms with Crippen molar-refractivity contribution in [2.45, 2.75) is 27.2 Å². The van der Waals surface area contributed by atoms with Gasteiger partial charge in [-0.1, -0.05) is 25.4 Å². The molecule has 0 N–H and O–H groups in total. The number of hydrogen-bond donors (Lipinski definition) is 0. The summed E-state index contributed by atoms with van der Waals surface area (Å²) >= 11 is 5.64. The van der Waals surface area contributed by atoms with Crippen molar-refractivity contribution in [3.05, 3.63) is 10.6 Å². The van der Waals surface area contributed by atoms with Crippen LogP contribution >= 0.6 is 11.6 Å². The summed E-state index contributed by atoms with van der Waals surface area (Å²) in [5.74, 6) is 0.494. The largest absolute Gasteiger partial charge is 0.298 e. The van der Waals surface area contributed by atoms with Gasteiger partial charge in [-0.05, 0) is 19.3 Å². The maximum absolute atomic E-state index is 10.3. The lowest BCUT2D eigenvalue weighted by Gasteiger charge is -2.03. The quantitative estimate of drug-likeness (QED) is 0.459. The molecule has 0 aromatic rings. The molecule has 0 rings (SSSR count). The normalized spacial score (nSPS) is 13.3. The highest BCUT2D eigenvalue weighted by molar-refractivity contribution is 6.30. The van der Waals surface area contributed by atoms with Crippen LogP contribution in [0.3, 0.4) is 0 Å². The van der Waals surface area contributed by atoms with Gasteiger partial charge >= 0.3 is 0 Å². The number of halogens is 1. The van der Waals surface area contributed by atoms with Crippen molar-refractivity contribution in [1.82, 2.24) is 0 Å². The molecule has 0 atom stereocenters. The van der Waals surface area contributed by atoms with E-state index >= 15 is 0 Å². The minimum atomic E-state index is 0.494. The van der Waals surface area contributed by atoms with Gasteiger partial charge in [0.05, 0.1) is 0 Å². The maximum Gasteiger partial charge on any atom is 0.147 e. The van der Waals surface area contributed by atoms with Crippen molar-refractivity contribution in [3.8, 4) is 0 Å². The van der Waals surface area contributed by atoms with Gasteiger partial charge < -0.3 is 0 Å². The first kappa shape index (κ1) is 9.70. The number of carbonyl (C=O) groups excluding carboxylic acids is 1. The van der Waals surface area contributed by atoms with E-state index in [2.05, 4.69) is 13.8 Å². The average molecular weight is 161 g/mol. The van der Waals surface area contributed by atoms with Gasteiger partial charge in [0.25, 0.3) is 0 Å². The van der Waals surface area contributed by atoms with Gasteiger partial charge in [-0.15, -0.1) is 0 Å². The van der Waals surface area contributed by atoms with E-state index in [1.54, 1.807) is 6.92 Å². The zero-order chi connectivity index (χ0) is 8.15. The Morgan fingerprint density at radius 3 is 2.20 bits per heavy atom. The molecule has 0 bridgehead atoms. The van der Waals surface area contributed by atoms with E-state index in [0.29, 0.717) is 11.0 Å². The van der Waals surface area contributed by atoms with Crippen molar-refractivity contribution in [2.24, 2.45) is 5.92 Å². The van der Waals surface area contributed by atoms with Gasteiger partial charge in [-0.2, -0.15) is 0 Å². The second-order valence-electron chi connectivity index (χ2n) is 2.77. The first-order chi connectivity index (χ1) is 4.57. The molecule has 0 aliphatic heterocycles. The Kier molecular flexibility index (Phi) is 4.37. The number of allylic oxidation sites excluding steroid dienone is 2. The summed E-state index contributed by atoms with van der Waals surface area (Å²) in [6, 6.07) is 0. The topological polar surface area (TPSA) is 17.1 Å². The molecule has 0 amide bonds. The Balaban J connectivity index is 4.11. The molecule has 0 heterocycles. The minimum Gasteiger partial charge on any atom is -0.298 e. The highest BCUT2D eigenvalue weighted by Gasteiger charge is 2.01. The number of carbonyl (C=O) groups is 1. The summed E-state index contributed by atoms with van der Waals surface area (Å²) in [6.07, 6.45) is 1.61. The Morgan fingerprint density at radius 2 is 2.10 bits per heavy atom. The number of hydrogen-bond acceptors (Lipinski definition) is 1. The van der Waals surface area contributed by atoms with Crippen LogP contribution in [0, 0.1) is 5.92 Å². The molecule has 0 aromatic heterocycles. The van der Waals surface area contributed by atoms with Crippen LogP contribution in [-0.4, -0.2) is 6.29 Å². The molecule has 0 radical (unpaired) electrons. The molecule has 0 fully saturated rings. The highest BCUT2D eigenvalue weighted by Crippen LogP contribution is 2.14. The monoisotopic (exact) mass is 160 g/mol. The fourth-order valence-electron chi connectivity index (χ4n) is 0.710. The van der Waals surface area contributed by atoms with E-state index in [0.717, 1.165) is 18.3 Å². The zero-order valence-corrected chi connectivity index (χ0v) is 7.40. The Morgan fingerprint density at radius 1 is 1.60 bits per heavy atom. The van der Waals surface area contributed by atoms with Gasteiger partial charge in [-0.25, -0.2) is 0 Å². The van der Waals surface area contributed by atoms with Crippen molar-refractivity contribution in [2.75, 3.05) is 0 Å². The SMILES string of the molecule is C/C(Cl)=C(/C=O)CC(C)C. The van der Waals surface area contributed by atoms with E-state index < -0.39 is 0 Å². The van der Waals surface area contributed by atoms with Gasteiger partial charge in [0.1, 0.15) is 6.29 Å². The van der Waals surface area contributed by atoms with Crippen molar-refractivity contribution in [3.63, 3.8) is 0 Å². The third kappa shape index (κ3) is 3.67. The first-order valence-electron chi connectivity index (χ1n) is 3.38. The maximum atomic E-state index is 10.3. The van der Waals surface area contributed by atoms with Gasteiger partial charge in [-0.3, -0.25) is 4.79 Å². The van der Waals surface area contributed by atoms with Crippen molar-refractivity contribution in [1.29, 1.82) is 0 Å². The molecule has 10 heavy (non-hydrogen) atoms. The smallest absolute Gasteiger partial charge is 0.147 e. The van der Waals surface area contributed by atoms with Crippen LogP contribution in [0.2, 0.25) is 0 Å². The molecule has 0 aliphatic carbocycles. The van der Waals surface area contributed by atoms with Crippen LogP contribution in [0.5, 0.6) is 0 Å². The van der Waals surface area contributed by atoms with Crippen LogP contribution < -0.4 is 0 Å². The lowest BCUT2D eigenvalue weighted by atomic mass is 10.0. The Bertz CT molecular complexity index is 143. The number of rotatable bonds is 3. The molecule has 0 saturated heterocycles. The summed E-state index contributed by atoms with van der Waals surface area (Å²) in [5, 5.41) is 0.615. The van der Waals surface area contributed by atoms with Crippen LogP contribution in [-0.2, 0) is 4.79 Å². The predicted octanol–water partition coefficient (Wildman–Crippen LogP) is 2.74. The molecular formula is C8H13ClO. The third-order valence-corrected chi connectivity index (χ3v) is 1.46. The Hall–Kier alpha value is -0.300. The predicted molar refractivity (Wildman–Crippen MR) is 44.1 cm³/mol. The van der Waals surface area contributed by atoms with E-state index in [9.17, 15) is 4.79 Å². The minimum absolute atomic E-state index is 0.494. The molecule has 0 spiro atoms. The van der Waals surface area contributed by atoms with E-state index in [1.807, 2.05) is 0 Å². The molecule has 58 valence electrons.